The Hall–Kier alpha value is -0.750. The second-order valence-corrected chi connectivity index (χ2v) is 7.13. The monoisotopic (exact) mass is 294 g/mol. The van der Waals surface area contributed by atoms with Crippen LogP contribution >= 0.6 is 22.7 Å². The van der Waals surface area contributed by atoms with E-state index in [4.69, 9.17) is 0 Å². The maximum atomic E-state index is 9.55. The summed E-state index contributed by atoms with van der Waals surface area (Å²) in [6.45, 7) is 3.03. The molecular weight excluding hydrogens is 276 g/mol. The largest absolute Gasteiger partial charge is 0.394 e. The molecule has 1 fully saturated rings. The Kier molecular flexibility index (Phi) is 3.71. The van der Waals surface area contributed by atoms with Gasteiger partial charge in [-0.2, -0.15) is 0 Å². The highest BCUT2D eigenvalue weighted by Gasteiger charge is 2.40. The third-order valence-corrected chi connectivity index (χ3v) is 5.69. The van der Waals surface area contributed by atoms with E-state index in [1.807, 2.05) is 0 Å². The number of hydrogen-bond donors (Lipinski definition) is 2. The van der Waals surface area contributed by atoms with Crippen molar-refractivity contribution in [2.24, 2.45) is 5.92 Å². The highest BCUT2D eigenvalue weighted by molar-refractivity contribution is 7.20. The topological polar surface area (TPSA) is 45.1 Å². The van der Waals surface area contributed by atoms with Crippen LogP contribution in [0, 0.1) is 5.92 Å². The standard InChI is InChI=1S/C14H18N2OS2/c1-14(9-17,10-4-5-10)15-7-11-8-19-13(16-11)12-3-2-6-18-12/h2-3,6,8,10,15,17H,4-5,7,9H2,1H3. The van der Waals surface area contributed by atoms with E-state index in [1.54, 1.807) is 22.7 Å². The first-order valence-corrected chi connectivity index (χ1v) is 8.31. The van der Waals surface area contributed by atoms with E-state index < -0.39 is 0 Å². The van der Waals surface area contributed by atoms with Crippen molar-refractivity contribution >= 4 is 22.7 Å². The van der Waals surface area contributed by atoms with Gasteiger partial charge in [0.1, 0.15) is 5.01 Å². The van der Waals surface area contributed by atoms with Crippen molar-refractivity contribution < 1.29 is 5.11 Å². The van der Waals surface area contributed by atoms with E-state index >= 15 is 0 Å². The lowest BCUT2D eigenvalue weighted by atomic mass is 9.97. The summed E-state index contributed by atoms with van der Waals surface area (Å²) in [4.78, 5) is 5.88. The van der Waals surface area contributed by atoms with Gasteiger partial charge >= 0.3 is 0 Å². The molecule has 1 atom stereocenters. The average molecular weight is 294 g/mol. The molecule has 2 N–H and O–H groups in total. The van der Waals surface area contributed by atoms with Crippen LogP contribution in [-0.2, 0) is 6.54 Å². The first kappa shape index (κ1) is 13.2. The Morgan fingerprint density at radius 2 is 2.32 bits per heavy atom. The first-order valence-electron chi connectivity index (χ1n) is 6.55. The fourth-order valence-electron chi connectivity index (χ4n) is 2.24. The van der Waals surface area contributed by atoms with Crippen molar-refractivity contribution in [2.45, 2.75) is 31.8 Å². The highest BCUT2D eigenvalue weighted by atomic mass is 32.1. The van der Waals surface area contributed by atoms with E-state index in [0.29, 0.717) is 5.92 Å². The zero-order valence-electron chi connectivity index (χ0n) is 10.9. The van der Waals surface area contributed by atoms with Crippen LogP contribution in [0.3, 0.4) is 0 Å². The minimum Gasteiger partial charge on any atom is -0.394 e. The maximum Gasteiger partial charge on any atom is 0.133 e. The summed E-state index contributed by atoms with van der Waals surface area (Å²) < 4.78 is 0. The molecule has 0 spiro atoms. The van der Waals surface area contributed by atoms with Gasteiger partial charge in [0.25, 0.3) is 0 Å². The van der Waals surface area contributed by atoms with E-state index in [9.17, 15) is 5.11 Å². The Balaban J connectivity index is 1.64. The number of nitrogens with zero attached hydrogens (tertiary/aromatic N) is 1. The Morgan fingerprint density at radius 3 is 2.95 bits per heavy atom. The number of hydrogen-bond acceptors (Lipinski definition) is 5. The summed E-state index contributed by atoms with van der Waals surface area (Å²) in [6.07, 6.45) is 2.45. The highest BCUT2D eigenvalue weighted by Crippen LogP contribution is 2.39. The van der Waals surface area contributed by atoms with E-state index in [-0.39, 0.29) is 12.1 Å². The third kappa shape index (κ3) is 2.89. The van der Waals surface area contributed by atoms with Gasteiger partial charge in [0.05, 0.1) is 17.2 Å². The number of thiazole rings is 1. The van der Waals surface area contributed by atoms with Crippen LogP contribution in [0.4, 0.5) is 0 Å². The van der Waals surface area contributed by atoms with Gasteiger partial charge < -0.3 is 10.4 Å². The molecule has 2 heterocycles. The number of rotatable bonds is 6. The summed E-state index contributed by atoms with van der Waals surface area (Å²) in [7, 11) is 0. The number of thiophene rings is 1. The fourth-order valence-corrected chi connectivity index (χ4v) is 3.88. The first-order chi connectivity index (χ1) is 9.21. The van der Waals surface area contributed by atoms with Crippen molar-refractivity contribution in [2.75, 3.05) is 6.61 Å². The second-order valence-electron chi connectivity index (χ2n) is 5.32. The molecule has 2 aromatic heterocycles. The number of aliphatic hydroxyl groups is 1. The number of aromatic nitrogens is 1. The van der Waals surface area contributed by atoms with Gasteiger partial charge in [-0.3, -0.25) is 0 Å². The van der Waals surface area contributed by atoms with Crippen LogP contribution < -0.4 is 5.32 Å². The summed E-state index contributed by atoms with van der Waals surface area (Å²) in [6, 6.07) is 4.15. The molecular formula is C14H18N2OS2. The molecule has 0 aromatic carbocycles. The van der Waals surface area contributed by atoms with Crippen molar-refractivity contribution in [3.63, 3.8) is 0 Å². The van der Waals surface area contributed by atoms with Crippen molar-refractivity contribution in [1.29, 1.82) is 0 Å². The lowest BCUT2D eigenvalue weighted by Crippen LogP contribution is -2.47. The normalized spacial score (nSPS) is 18.4. The predicted molar refractivity (Wildman–Crippen MR) is 80.5 cm³/mol. The molecule has 0 aliphatic heterocycles. The predicted octanol–water partition coefficient (Wildman–Crippen LogP) is 3.12. The quantitative estimate of drug-likeness (QED) is 0.860. The molecule has 3 rings (SSSR count). The van der Waals surface area contributed by atoms with Crippen LogP contribution in [0.5, 0.6) is 0 Å². The Morgan fingerprint density at radius 1 is 1.47 bits per heavy atom. The molecule has 0 radical (unpaired) electrons. The van der Waals surface area contributed by atoms with Crippen LogP contribution in [0.2, 0.25) is 0 Å². The minimum absolute atomic E-state index is 0.146. The van der Waals surface area contributed by atoms with E-state index in [1.165, 1.54) is 17.7 Å². The maximum absolute atomic E-state index is 9.55. The third-order valence-electron chi connectivity index (χ3n) is 3.76. The van der Waals surface area contributed by atoms with Gasteiger partial charge in [-0.25, -0.2) is 4.98 Å². The molecule has 1 aliphatic carbocycles. The molecule has 19 heavy (non-hydrogen) atoms. The van der Waals surface area contributed by atoms with E-state index in [2.05, 4.69) is 40.1 Å². The molecule has 1 aliphatic rings. The minimum atomic E-state index is -0.146. The Bertz CT molecular complexity index is 533. The van der Waals surface area contributed by atoms with Crippen LogP contribution in [-0.4, -0.2) is 22.2 Å². The van der Waals surface area contributed by atoms with Crippen LogP contribution in [0.25, 0.3) is 9.88 Å². The molecule has 5 heteroatoms. The average Bonchev–Trinajstić information content (AvgIpc) is 2.96. The molecule has 1 unspecified atom stereocenters. The van der Waals surface area contributed by atoms with Gasteiger partial charge in [0.15, 0.2) is 0 Å². The van der Waals surface area contributed by atoms with Crippen molar-refractivity contribution in [3.8, 4) is 9.88 Å². The molecule has 3 nitrogen and oxygen atoms in total. The summed E-state index contributed by atoms with van der Waals surface area (Å²) in [5.74, 6) is 0.618. The molecule has 2 aromatic rings. The summed E-state index contributed by atoms with van der Waals surface area (Å²) in [5, 5.41) is 18.3. The second kappa shape index (κ2) is 5.32. The number of nitrogens with one attached hydrogen (secondary N) is 1. The summed E-state index contributed by atoms with van der Waals surface area (Å²) >= 11 is 3.41. The lowest BCUT2D eigenvalue weighted by molar-refractivity contribution is 0.153. The molecule has 0 amide bonds. The SMILES string of the molecule is CC(CO)(NCc1csc(-c2cccs2)n1)C1CC1. The van der Waals surface area contributed by atoms with Crippen molar-refractivity contribution in [3.05, 3.63) is 28.6 Å². The van der Waals surface area contributed by atoms with E-state index in [0.717, 1.165) is 17.2 Å². The zero-order valence-corrected chi connectivity index (χ0v) is 12.6. The fraction of sp³-hybridized carbons (Fsp3) is 0.500. The molecule has 0 bridgehead atoms. The molecule has 1 saturated carbocycles. The molecule has 0 saturated heterocycles. The van der Waals surface area contributed by atoms with Crippen LogP contribution in [0.1, 0.15) is 25.5 Å². The zero-order chi connectivity index (χ0) is 13.3. The number of aliphatic hydroxyl groups excluding tert-OH is 1. The summed E-state index contributed by atoms with van der Waals surface area (Å²) in [5.41, 5.74) is 0.918. The Labute approximate surface area is 121 Å². The lowest BCUT2D eigenvalue weighted by Gasteiger charge is -2.28. The smallest absolute Gasteiger partial charge is 0.133 e. The van der Waals surface area contributed by atoms with Crippen LogP contribution in [0.15, 0.2) is 22.9 Å². The van der Waals surface area contributed by atoms with Crippen molar-refractivity contribution in [1.82, 2.24) is 10.3 Å². The van der Waals surface area contributed by atoms with Gasteiger partial charge in [-0.1, -0.05) is 6.07 Å². The van der Waals surface area contributed by atoms with Gasteiger partial charge in [-0.05, 0) is 37.1 Å². The van der Waals surface area contributed by atoms with Gasteiger partial charge in [0.2, 0.25) is 0 Å². The van der Waals surface area contributed by atoms with Gasteiger partial charge in [0, 0.05) is 17.5 Å². The van der Waals surface area contributed by atoms with Gasteiger partial charge in [-0.15, -0.1) is 22.7 Å². The molecule has 102 valence electrons.